The summed E-state index contributed by atoms with van der Waals surface area (Å²) in [5, 5.41) is 18.5. The van der Waals surface area contributed by atoms with Gasteiger partial charge in [0.25, 0.3) is 11.6 Å². The minimum atomic E-state index is -0.432. The van der Waals surface area contributed by atoms with Crippen molar-refractivity contribution in [3.05, 3.63) is 51.3 Å². The molecule has 1 fully saturated rings. The van der Waals surface area contributed by atoms with Crippen LogP contribution in [0.2, 0.25) is 0 Å². The van der Waals surface area contributed by atoms with E-state index in [4.69, 9.17) is 0 Å². The SMILES string of the molecule is Cc1c(C(=O)NC2CC2)c(CC(C)C)nn1-c1ccc([N+](=O)[O-])cc1. The van der Waals surface area contributed by atoms with Crippen LogP contribution < -0.4 is 5.32 Å². The molecule has 1 aromatic heterocycles. The van der Waals surface area contributed by atoms with Gasteiger partial charge < -0.3 is 5.32 Å². The molecule has 0 aliphatic heterocycles. The van der Waals surface area contributed by atoms with Crippen molar-refractivity contribution in [2.45, 2.75) is 46.1 Å². The molecule has 3 rings (SSSR count). The van der Waals surface area contributed by atoms with Gasteiger partial charge in [0.2, 0.25) is 0 Å². The number of nitro benzene ring substituents is 1. The number of carbonyl (C=O) groups is 1. The molecular weight excluding hydrogens is 320 g/mol. The molecule has 1 aliphatic carbocycles. The van der Waals surface area contributed by atoms with Crippen LogP contribution >= 0.6 is 0 Å². The van der Waals surface area contributed by atoms with Crippen LogP contribution in [-0.2, 0) is 6.42 Å². The molecule has 0 saturated heterocycles. The molecule has 0 spiro atoms. The summed E-state index contributed by atoms with van der Waals surface area (Å²) in [6.45, 7) is 6.03. The highest BCUT2D eigenvalue weighted by Crippen LogP contribution is 2.25. The summed E-state index contributed by atoms with van der Waals surface area (Å²) in [6, 6.07) is 6.48. The Labute approximate surface area is 146 Å². The third-order valence-corrected chi connectivity index (χ3v) is 4.24. The van der Waals surface area contributed by atoms with Crippen LogP contribution in [0.25, 0.3) is 5.69 Å². The van der Waals surface area contributed by atoms with Crippen molar-refractivity contribution in [1.29, 1.82) is 0 Å². The molecule has 1 aliphatic rings. The van der Waals surface area contributed by atoms with Gasteiger partial charge in [0.1, 0.15) is 0 Å². The lowest BCUT2D eigenvalue weighted by Crippen LogP contribution is -2.27. The lowest BCUT2D eigenvalue weighted by Gasteiger charge is -2.07. The van der Waals surface area contributed by atoms with Crippen LogP contribution in [0.4, 0.5) is 5.69 Å². The minimum Gasteiger partial charge on any atom is -0.349 e. The number of carbonyl (C=O) groups excluding carboxylic acids is 1. The largest absolute Gasteiger partial charge is 0.349 e. The van der Waals surface area contributed by atoms with Gasteiger partial charge in [-0.25, -0.2) is 4.68 Å². The molecule has 7 nitrogen and oxygen atoms in total. The average Bonchev–Trinajstić information content (AvgIpc) is 3.30. The Kier molecular flexibility index (Phi) is 4.57. The number of non-ortho nitro benzene ring substituents is 1. The maximum Gasteiger partial charge on any atom is 0.269 e. The molecule has 2 aromatic rings. The fraction of sp³-hybridized carbons (Fsp3) is 0.444. The van der Waals surface area contributed by atoms with E-state index in [1.807, 2.05) is 6.92 Å². The zero-order valence-electron chi connectivity index (χ0n) is 14.7. The second-order valence-electron chi connectivity index (χ2n) is 6.94. The van der Waals surface area contributed by atoms with Crippen molar-refractivity contribution < 1.29 is 9.72 Å². The molecule has 132 valence electrons. The van der Waals surface area contributed by atoms with E-state index < -0.39 is 4.92 Å². The predicted octanol–water partition coefficient (Wildman–Crippen LogP) is 3.18. The standard InChI is InChI=1S/C18H22N4O3/c1-11(2)10-16-17(18(23)19-13-4-5-13)12(3)21(20-16)14-6-8-15(9-7-14)22(24)25/h6-9,11,13H,4-5,10H2,1-3H3,(H,19,23). The Bertz CT molecular complexity index is 804. The summed E-state index contributed by atoms with van der Waals surface area (Å²) in [7, 11) is 0. The number of hydrogen-bond acceptors (Lipinski definition) is 4. The first-order valence-electron chi connectivity index (χ1n) is 8.51. The number of rotatable bonds is 6. The minimum absolute atomic E-state index is 0.0302. The Morgan fingerprint density at radius 2 is 2.00 bits per heavy atom. The number of nitrogens with zero attached hydrogens (tertiary/aromatic N) is 3. The molecule has 0 radical (unpaired) electrons. The summed E-state index contributed by atoms with van der Waals surface area (Å²) >= 11 is 0. The van der Waals surface area contributed by atoms with Crippen molar-refractivity contribution in [3.63, 3.8) is 0 Å². The van der Waals surface area contributed by atoms with Crippen molar-refractivity contribution >= 4 is 11.6 Å². The van der Waals surface area contributed by atoms with Crippen molar-refractivity contribution in [2.75, 3.05) is 0 Å². The van der Waals surface area contributed by atoms with Gasteiger partial charge in [-0.15, -0.1) is 0 Å². The van der Waals surface area contributed by atoms with Gasteiger partial charge in [0, 0.05) is 18.2 Å². The van der Waals surface area contributed by atoms with Crippen LogP contribution in [0.5, 0.6) is 0 Å². The average molecular weight is 342 g/mol. The molecule has 1 N–H and O–H groups in total. The normalized spacial score (nSPS) is 13.9. The molecule has 1 aromatic carbocycles. The number of aromatic nitrogens is 2. The summed E-state index contributed by atoms with van der Waals surface area (Å²) in [5.74, 6) is 0.288. The lowest BCUT2D eigenvalue weighted by atomic mass is 10.0. The monoisotopic (exact) mass is 342 g/mol. The van der Waals surface area contributed by atoms with Crippen LogP contribution in [0, 0.1) is 23.0 Å². The van der Waals surface area contributed by atoms with E-state index in [9.17, 15) is 14.9 Å². The van der Waals surface area contributed by atoms with E-state index in [-0.39, 0.29) is 17.6 Å². The van der Waals surface area contributed by atoms with Crippen LogP contribution in [0.15, 0.2) is 24.3 Å². The smallest absolute Gasteiger partial charge is 0.269 e. The highest BCUT2D eigenvalue weighted by molar-refractivity contribution is 5.97. The van der Waals surface area contributed by atoms with E-state index in [1.165, 1.54) is 12.1 Å². The summed E-state index contributed by atoms with van der Waals surface area (Å²) in [5.41, 5.74) is 2.88. The Hall–Kier alpha value is -2.70. The number of nitro groups is 1. The second kappa shape index (κ2) is 6.66. The Morgan fingerprint density at radius 3 is 2.52 bits per heavy atom. The maximum atomic E-state index is 12.7. The first kappa shape index (κ1) is 17.1. The maximum absolute atomic E-state index is 12.7. The van der Waals surface area contributed by atoms with E-state index in [0.717, 1.165) is 24.2 Å². The fourth-order valence-electron chi connectivity index (χ4n) is 2.84. The van der Waals surface area contributed by atoms with Gasteiger partial charge in [-0.2, -0.15) is 5.10 Å². The quantitative estimate of drug-likeness (QED) is 0.645. The molecular formula is C18H22N4O3. The first-order valence-corrected chi connectivity index (χ1v) is 8.51. The Morgan fingerprint density at radius 1 is 1.36 bits per heavy atom. The predicted molar refractivity (Wildman–Crippen MR) is 94.0 cm³/mol. The van der Waals surface area contributed by atoms with Gasteiger partial charge in [-0.1, -0.05) is 13.8 Å². The molecule has 1 heterocycles. The second-order valence-corrected chi connectivity index (χ2v) is 6.94. The molecule has 1 saturated carbocycles. The van der Waals surface area contributed by atoms with Gasteiger partial charge >= 0.3 is 0 Å². The van der Waals surface area contributed by atoms with Crippen LogP contribution in [0.1, 0.15) is 48.4 Å². The number of benzene rings is 1. The Balaban J connectivity index is 1.99. The van der Waals surface area contributed by atoms with Gasteiger partial charge in [0.15, 0.2) is 0 Å². The van der Waals surface area contributed by atoms with E-state index in [1.54, 1.807) is 16.8 Å². The van der Waals surface area contributed by atoms with Crippen molar-refractivity contribution in [2.24, 2.45) is 5.92 Å². The third-order valence-electron chi connectivity index (χ3n) is 4.24. The van der Waals surface area contributed by atoms with Gasteiger partial charge in [-0.3, -0.25) is 14.9 Å². The van der Waals surface area contributed by atoms with Gasteiger partial charge in [0.05, 0.1) is 27.6 Å². The summed E-state index contributed by atoms with van der Waals surface area (Å²) < 4.78 is 1.70. The van der Waals surface area contributed by atoms with Crippen molar-refractivity contribution in [1.82, 2.24) is 15.1 Å². The molecule has 25 heavy (non-hydrogen) atoms. The molecule has 1 amide bonds. The van der Waals surface area contributed by atoms with E-state index >= 15 is 0 Å². The van der Waals surface area contributed by atoms with Crippen molar-refractivity contribution in [3.8, 4) is 5.69 Å². The zero-order chi connectivity index (χ0) is 18.1. The molecule has 0 atom stereocenters. The number of hydrogen-bond donors (Lipinski definition) is 1. The van der Waals surface area contributed by atoms with Crippen LogP contribution in [-0.4, -0.2) is 26.7 Å². The lowest BCUT2D eigenvalue weighted by molar-refractivity contribution is -0.384. The summed E-state index contributed by atoms with van der Waals surface area (Å²) in [6.07, 6.45) is 2.76. The number of nitrogens with one attached hydrogen (secondary N) is 1. The molecule has 0 bridgehead atoms. The van der Waals surface area contributed by atoms with E-state index in [0.29, 0.717) is 23.6 Å². The number of amides is 1. The van der Waals surface area contributed by atoms with E-state index in [2.05, 4.69) is 24.3 Å². The highest BCUT2D eigenvalue weighted by Gasteiger charge is 2.28. The first-order chi connectivity index (χ1) is 11.9. The topological polar surface area (TPSA) is 90.1 Å². The zero-order valence-corrected chi connectivity index (χ0v) is 14.7. The van der Waals surface area contributed by atoms with Gasteiger partial charge in [-0.05, 0) is 44.2 Å². The molecule has 7 heteroatoms. The molecule has 0 unspecified atom stereocenters. The van der Waals surface area contributed by atoms with Crippen LogP contribution in [0.3, 0.4) is 0 Å². The highest BCUT2D eigenvalue weighted by atomic mass is 16.6. The third kappa shape index (κ3) is 3.70. The fourth-order valence-corrected chi connectivity index (χ4v) is 2.84. The summed E-state index contributed by atoms with van der Waals surface area (Å²) in [4.78, 5) is 23.0.